The third-order valence-corrected chi connectivity index (χ3v) is 5.92. The van der Waals surface area contributed by atoms with E-state index in [1.54, 1.807) is 12.1 Å². The molecule has 1 aromatic rings. The van der Waals surface area contributed by atoms with E-state index >= 15 is 0 Å². The van der Waals surface area contributed by atoms with Gasteiger partial charge in [0.15, 0.2) is 0 Å². The molecule has 2 heterocycles. The van der Waals surface area contributed by atoms with Crippen LogP contribution in [0.2, 0.25) is 0 Å². The van der Waals surface area contributed by atoms with Crippen molar-refractivity contribution >= 4 is 5.97 Å². The largest absolute Gasteiger partial charge is 0.478 e. The second-order valence-corrected chi connectivity index (χ2v) is 7.94. The maximum absolute atomic E-state index is 10.9. The molecule has 1 unspecified atom stereocenters. The number of nitrogens with one attached hydrogen (secondary N) is 1. The first-order chi connectivity index (χ1) is 12.1. The van der Waals surface area contributed by atoms with E-state index in [-0.39, 0.29) is 5.60 Å². The molecule has 5 nitrogen and oxygen atoms in total. The molecule has 0 radical (unpaired) electrons. The lowest BCUT2D eigenvalue weighted by molar-refractivity contribution is -0.120. The lowest BCUT2D eigenvalue weighted by atomic mass is 9.82. The molecule has 3 fully saturated rings. The van der Waals surface area contributed by atoms with E-state index in [2.05, 4.69) is 10.2 Å². The molecule has 2 saturated heterocycles. The molecule has 3 aliphatic rings. The summed E-state index contributed by atoms with van der Waals surface area (Å²) in [6.07, 6.45) is 7.20. The van der Waals surface area contributed by atoms with Crippen molar-refractivity contribution in [3.63, 3.8) is 0 Å². The summed E-state index contributed by atoms with van der Waals surface area (Å²) < 4.78 is 6.25. The summed E-state index contributed by atoms with van der Waals surface area (Å²) in [7, 11) is 0. The maximum atomic E-state index is 10.9. The molecule has 2 N–H and O–H groups in total. The predicted octanol–water partition coefficient (Wildman–Crippen LogP) is 2.65. The summed E-state index contributed by atoms with van der Waals surface area (Å²) >= 11 is 0. The summed E-state index contributed by atoms with van der Waals surface area (Å²) in [5, 5.41) is 12.8. The topological polar surface area (TPSA) is 61.8 Å². The van der Waals surface area contributed by atoms with Crippen LogP contribution in [0.3, 0.4) is 0 Å². The Morgan fingerprint density at radius 1 is 1.16 bits per heavy atom. The number of aromatic carboxylic acids is 1. The van der Waals surface area contributed by atoms with Gasteiger partial charge in [0.25, 0.3) is 0 Å². The fourth-order valence-corrected chi connectivity index (χ4v) is 4.23. The lowest BCUT2D eigenvalue weighted by Crippen LogP contribution is -2.53. The third kappa shape index (κ3) is 4.22. The third-order valence-electron chi connectivity index (χ3n) is 5.92. The number of hydrogen-bond acceptors (Lipinski definition) is 4. The van der Waals surface area contributed by atoms with Crippen LogP contribution < -0.4 is 5.32 Å². The highest BCUT2D eigenvalue weighted by molar-refractivity contribution is 5.87. The Hall–Kier alpha value is -1.43. The van der Waals surface area contributed by atoms with Gasteiger partial charge in [0, 0.05) is 38.3 Å². The quantitative estimate of drug-likeness (QED) is 0.860. The van der Waals surface area contributed by atoms with E-state index in [4.69, 9.17) is 9.84 Å². The molecule has 0 amide bonds. The molecule has 2 aliphatic heterocycles. The van der Waals surface area contributed by atoms with E-state index in [1.165, 1.54) is 18.4 Å². The number of carboxylic acid groups (broad SMARTS) is 1. The van der Waals surface area contributed by atoms with Crippen LogP contribution in [0.4, 0.5) is 0 Å². The summed E-state index contributed by atoms with van der Waals surface area (Å²) in [6, 6.07) is 8.66. The molecular formula is C20H28N2O3. The molecule has 0 aromatic heterocycles. The number of ether oxygens (including phenoxy) is 1. The summed E-state index contributed by atoms with van der Waals surface area (Å²) in [6.45, 7) is 3.88. The highest BCUT2D eigenvalue weighted by Gasteiger charge is 2.41. The van der Waals surface area contributed by atoms with E-state index in [0.29, 0.717) is 11.6 Å². The second-order valence-electron chi connectivity index (χ2n) is 7.94. The zero-order chi connectivity index (χ0) is 17.3. The van der Waals surface area contributed by atoms with Gasteiger partial charge in [-0.05, 0) is 56.2 Å². The number of carboxylic acids is 1. The number of likely N-dealkylation sites (tertiary alicyclic amines) is 1. The van der Waals surface area contributed by atoms with Crippen LogP contribution in [0.5, 0.6) is 0 Å². The number of piperidine rings is 1. The molecule has 4 rings (SSSR count). The standard InChI is InChI=1S/C20H28N2O3/c23-19(24)16-3-1-15(2-4-16)14-22-10-8-20(9-11-22)13-18(7-12-25-20)21-17-5-6-17/h1-4,17-18,21H,5-14H2,(H,23,24). The van der Waals surface area contributed by atoms with E-state index in [0.717, 1.165) is 58.0 Å². The first kappa shape index (κ1) is 17.0. The predicted molar refractivity (Wildman–Crippen MR) is 95.8 cm³/mol. The van der Waals surface area contributed by atoms with Gasteiger partial charge in [0.05, 0.1) is 11.2 Å². The van der Waals surface area contributed by atoms with Crippen molar-refractivity contribution in [2.24, 2.45) is 0 Å². The Morgan fingerprint density at radius 3 is 2.52 bits per heavy atom. The molecule has 1 spiro atoms. The monoisotopic (exact) mass is 344 g/mol. The van der Waals surface area contributed by atoms with Crippen molar-refractivity contribution < 1.29 is 14.6 Å². The summed E-state index contributed by atoms with van der Waals surface area (Å²) in [5.41, 5.74) is 1.61. The first-order valence-electron chi connectivity index (χ1n) is 9.57. The van der Waals surface area contributed by atoms with Crippen molar-refractivity contribution in [2.45, 2.75) is 62.8 Å². The van der Waals surface area contributed by atoms with Crippen molar-refractivity contribution in [1.29, 1.82) is 0 Å². The summed E-state index contributed by atoms with van der Waals surface area (Å²) in [4.78, 5) is 13.4. The zero-order valence-corrected chi connectivity index (χ0v) is 14.7. The minimum absolute atomic E-state index is 0.0778. The lowest BCUT2D eigenvalue weighted by Gasteiger charge is -2.46. The number of nitrogens with zero attached hydrogens (tertiary/aromatic N) is 1. The average molecular weight is 344 g/mol. The zero-order valence-electron chi connectivity index (χ0n) is 14.7. The molecule has 1 atom stereocenters. The number of hydrogen-bond donors (Lipinski definition) is 2. The van der Waals surface area contributed by atoms with Crippen LogP contribution in [0.15, 0.2) is 24.3 Å². The van der Waals surface area contributed by atoms with Gasteiger partial charge in [0.2, 0.25) is 0 Å². The van der Waals surface area contributed by atoms with Gasteiger partial charge in [-0.3, -0.25) is 4.90 Å². The van der Waals surface area contributed by atoms with Crippen molar-refractivity contribution in [3.05, 3.63) is 35.4 Å². The number of rotatable bonds is 5. The number of benzene rings is 1. The van der Waals surface area contributed by atoms with E-state index < -0.39 is 5.97 Å². The SMILES string of the molecule is O=C(O)c1ccc(CN2CCC3(CC2)CC(NC2CC2)CCO3)cc1. The molecular weight excluding hydrogens is 316 g/mol. The second kappa shape index (κ2) is 7.06. The Bertz CT molecular complexity index is 604. The maximum Gasteiger partial charge on any atom is 0.335 e. The van der Waals surface area contributed by atoms with Gasteiger partial charge < -0.3 is 15.2 Å². The van der Waals surface area contributed by atoms with Crippen molar-refractivity contribution in [2.75, 3.05) is 19.7 Å². The van der Waals surface area contributed by atoms with Gasteiger partial charge in [0.1, 0.15) is 0 Å². The van der Waals surface area contributed by atoms with Crippen LogP contribution >= 0.6 is 0 Å². The summed E-state index contributed by atoms with van der Waals surface area (Å²) in [5.74, 6) is -0.865. The molecule has 0 bridgehead atoms. The molecule has 5 heteroatoms. The van der Waals surface area contributed by atoms with Crippen LogP contribution in [0.1, 0.15) is 54.4 Å². The number of carbonyl (C=O) groups is 1. The average Bonchev–Trinajstić information content (AvgIpc) is 3.42. The van der Waals surface area contributed by atoms with Crippen molar-refractivity contribution in [3.8, 4) is 0 Å². The van der Waals surface area contributed by atoms with Gasteiger partial charge in [-0.15, -0.1) is 0 Å². The Balaban J connectivity index is 1.29. The van der Waals surface area contributed by atoms with E-state index in [9.17, 15) is 4.79 Å². The highest BCUT2D eigenvalue weighted by atomic mass is 16.5. The van der Waals surface area contributed by atoms with Gasteiger partial charge in [-0.2, -0.15) is 0 Å². The fraction of sp³-hybridized carbons (Fsp3) is 0.650. The van der Waals surface area contributed by atoms with Gasteiger partial charge >= 0.3 is 5.97 Å². The molecule has 1 aromatic carbocycles. The van der Waals surface area contributed by atoms with Crippen molar-refractivity contribution in [1.82, 2.24) is 10.2 Å². The molecule has 1 aliphatic carbocycles. The van der Waals surface area contributed by atoms with Gasteiger partial charge in [-0.25, -0.2) is 4.79 Å². The molecule has 136 valence electrons. The molecule has 1 saturated carbocycles. The smallest absolute Gasteiger partial charge is 0.335 e. The molecule has 25 heavy (non-hydrogen) atoms. The fourth-order valence-electron chi connectivity index (χ4n) is 4.23. The Morgan fingerprint density at radius 2 is 1.88 bits per heavy atom. The van der Waals surface area contributed by atoms with Crippen LogP contribution in [0.25, 0.3) is 0 Å². The van der Waals surface area contributed by atoms with E-state index in [1.807, 2.05) is 12.1 Å². The highest BCUT2D eigenvalue weighted by Crippen LogP contribution is 2.36. The Kier molecular flexibility index (Phi) is 4.80. The minimum atomic E-state index is -0.865. The Labute approximate surface area is 149 Å². The minimum Gasteiger partial charge on any atom is -0.478 e. The first-order valence-corrected chi connectivity index (χ1v) is 9.57. The van der Waals surface area contributed by atoms with Crippen LogP contribution in [0, 0.1) is 0 Å². The van der Waals surface area contributed by atoms with Crippen LogP contribution in [-0.2, 0) is 11.3 Å². The normalized spacial score (nSPS) is 26.6. The van der Waals surface area contributed by atoms with Crippen LogP contribution in [-0.4, -0.2) is 53.4 Å². The van der Waals surface area contributed by atoms with Gasteiger partial charge in [-0.1, -0.05) is 12.1 Å².